The summed E-state index contributed by atoms with van der Waals surface area (Å²) in [5, 5.41) is 0.356. The fourth-order valence-electron chi connectivity index (χ4n) is 2.44. The molecule has 0 aliphatic carbocycles. The van der Waals surface area contributed by atoms with Crippen LogP contribution in [0.15, 0.2) is 40.8 Å². The largest absolute Gasteiger partial charge is 0.591 e. The fraction of sp³-hybridized carbons (Fsp3) is 0.300. The van der Waals surface area contributed by atoms with E-state index in [1.807, 2.05) is 45.9 Å². The molecule has 0 amide bonds. The first-order valence-corrected chi connectivity index (χ1v) is 9.60. The normalized spacial score (nSPS) is 13.0. The molecule has 2 aromatic rings. The third-order valence-electron chi connectivity index (χ3n) is 3.77. The van der Waals surface area contributed by atoms with Gasteiger partial charge in [0.25, 0.3) is 0 Å². The fourth-order valence-corrected chi connectivity index (χ4v) is 3.13. The van der Waals surface area contributed by atoms with Crippen LogP contribution in [0.5, 0.6) is 0 Å². The van der Waals surface area contributed by atoms with Crippen LogP contribution in [-0.4, -0.2) is 27.7 Å². The average molecular weight is 392 g/mol. The molecule has 0 spiro atoms. The summed E-state index contributed by atoms with van der Waals surface area (Å²) in [6.45, 7) is 7.46. The first kappa shape index (κ1) is 20.6. The molecule has 26 heavy (non-hydrogen) atoms. The summed E-state index contributed by atoms with van der Waals surface area (Å²) in [5.74, 6) is -0.388. The Morgan fingerprint density at radius 3 is 2.58 bits per heavy atom. The molecule has 3 nitrogen and oxygen atoms in total. The zero-order chi connectivity index (χ0) is 19.5. The highest BCUT2D eigenvalue weighted by molar-refractivity contribution is 7.91. The molecular formula is C20H22FNO2S2. The number of rotatable bonds is 4. The Balaban J connectivity index is 2.63. The molecule has 138 valence electrons. The Labute approximate surface area is 162 Å². The van der Waals surface area contributed by atoms with E-state index in [0.29, 0.717) is 10.6 Å². The van der Waals surface area contributed by atoms with Gasteiger partial charge in [0, 0.05) is 11.1 Å². The monoisotopic (exact) mass is 391 g/mol. The van der Waals surface area contributed by atoms with Crippen LogP contribution in [0, 0.1) is 12.7 Å². The summed E-state index contributed by atoms with van der Waals surface area (Å²) < 4.78 is 35.0. The maximum Gasteiger partial charge on any atom is 0.191 e. The molecule has 0 bridgehead atoms. The molecule has 0 saturated heterocycles. The second kappa shape index (κ2) is 8.29. The molecule has 2 aromatic carbocycles. The van der Waals surface area contributed by atoms with Gasteiger partial charge in [-0.15, -0.1) is 0 Å². The van der Waals surface area contributed by atoms with Gasteiger partial charge in [-0.25, -0.2) is 4.39 Å². The summed E-state index contributed by atoms with van der Waals surface area (Å²) >= 11 is 3.88. The van der Waals surface area contributed by atoms with Crippen molar-refractivity contribution in [2.75, 3.05) is 7.11 Å². The quantitative estimate of drug-likeness (QED) is 0.418. The van der Waals surface area contributed by atoms with E-state index in [-0.39, 0.29) is 5.82 Å². The van der Waals surface area contributed by atoms with Gasteiger partial charge in [-0.05, 0) is 74.8 Å². The molecule has 0 heterocycles. The van der Waals surface area contributed by atoms with Crippen molar-refractivity contribution in [1.29, 1.82) is 0 Å². The number of aryl methyl sites for hydroxylation is 1. The van der Waals surface area contributed by atoms with Gasteiger partial charge in [-0.1, -0.05) is 22.6 Å². The van der Waals surface area contributed by atoms with Crippen LogP contribution in [-0.2, 0) is 16.1 Å². The summed E-state index contributed by atoms with van der Waals surface area (Å²) in [5.41, 5.74) is 3.87. The smallest absolute Gasteiger partial charge is 0.191 e. The molecule has 0 fully saturated rings. The number of ether oxygens (including phenoxy) is 1. The van der Waals surface area contributed by atoms with E-state index < -0.39 is 16.1 Å². The first-order valence-electron chi connectivity index (χ1n) is 8.09. The van der Waals surface area contributed by atoms with Crippen LogP contribution in [0.1, 0.15) is 37.5 Å². The zero-order valence-corrected chi connectivity index (χ0v) is 17.1. The molecule has 0 aliphatic rings. The van der Waals surface area contributed by atoms with Gasteiger partial charge in [0.05, 0.1) is 13.3 Å². The lowest BCUT2D eigenvalue weighted by Crippen LogP contribution is -2.25. The Morgan fingerprint density at radius 2 is 1.96 bits per heavy atom. The van der Waals surface area contributed by atoms with E-state index in [9.17, 15) is 8.94 Å². The molecular weight excluding hydrogens is 369 g/mol. The lowest BCUT2D eigenvalue weighted by molar-refractivity contribution is 0.416. The van der Waals surface area contributed by atoms with E-state index in [2.05, 4.69) is 4.40 Å². The highest BCUT2D eigenvalue weighted by Crippen LogP contribution is 2.31. The predicted octanol–water partition coefficient (Wildman–Crippen LogP) is 5.00. The minimum absolute atomic E-state index is 0.356. The second-order valence-electron chi connectivity index (χ2n) is 6.82. The topological polar surface area (TPSA) is 44.6 Å². The highest BCUT2D eigenvalue weighted by Gasteiger charge is 2.26. The summed E-state index contributed by atoms with van der Waals surface area (Å²) in [6.07, 6.45) is 1.46. The van der Waals surface area contributed by atoms with Crippen molar-refractivity contribution >= 4 is 34.8 Å². The SMILES string of the molecule is COC(=S)c1cccc(C)c1-c1ccc(F)cc1C=N[S+]([O-])C(C)(C)C. The van der Waals surface area contributed by atoms with Crippen LogP contribution in [0.25, 0.3) is 11.1 Å². The molecule has 0 aromatic heterocycles. The molecule has 2 rings (SSSR count). The predicted molar refractivity (Wildman–Crippen MR) is 111 cm³/mol. The molecule has 6 heteroatoms. The second-order valence-corrected chi connectivity index (χ2v) is 9.12. The molecule has 0 aliphatic heterocycles. The number of benzene rings is 2. The third kappa shape index (κ3) is 4.69. The Hall–Kier alpha value is -1.76. The Kier molecular flexibility index (Phi) is 6.55. The van der Waals surface area contributed by atoms with Crippen LogP contribution >= 0.6 is 12.2 Å². The lowest BCUT2D eigenvalue weighted by atomic mass is 9.92. The van der Waals surface area contributed by atoms with Crippen molar-refractivity contribution in [1.82, 2.24) is 0 Å². The maximum absolute atomic E-state index is 13.9. The summed E-state index contributed by atoms with van der Waals surface area (Å²) in [4.78, 5) is 0. The molecule has 1 atom stereocenters. The van der Waals surface area contributed by atoms with Crippen LogP contribution in [0.4, 0.5) is 4.39 Å². The number of thiocarbonyl (C=S) groups is 1. The number of hydrogen-bond donors (Lipinski definition) is 0. The van der Waals surface area contributed by atoms with Gasteiger partial charge in [0.2, 0.25) is 0 Å². The Bertz CT molecular complexity index is 844. The number of halogens is 1. The van der Waals surface area contributed by atoms with Crippen molar-refractivity contribution < 1.29 is 13.7 Å². The van der Waals surface area contributed by atoms with E-state index in [1.54, 1.807) is 6.07 Å². The van der Waals surface area contributed by atoms with Crippen LogP contribution in [0.3, 0.4) is 0 Å². The molecule has 0 saturated carbocycles. The van der Waals surface area contributed by atoms with E-state index in [4.69, 9.17) is 17.0 Å². The molecule has 0 N–H and O–H groups in total. The van der Waals surface area contributed by atoms with Crippen molar-refractivity contribution in [3.8, 4) is 11.1 Å². The van der Waals surface area contributed by atoms with Gasteiger partial charge in [-0.2, -0.15) is 0 Å². The van der Waals surface area contributed by atoms with E-state index in [0.717, 1.165) is 22.3 Å². The Morgan fingerprint density at radius 1 is 1.27 bits per heavy atom. The molecule has 1 unspecified atom stereocenters. The van der Waals surface area contributed by atoms with E-state index in [1.165, 1.54) is 25.5 Å². The minimum Gasteiger partial charge on any atom is -0.591 e. The highest BCUT2D eigenvalue weighted by atomic mass is 32.2. The maximum atomic E-state index is 13.9. The van der Waals surface area contributed by atoms with Gasteiger partial charge < -0.3 is 9.29 Å². The van der Waals surface area contributed by atoms with Crippen molar-refractivity contribution in [2.45, 2.75) is 32.4 Å². The van der Waals surface area contributed by atoms with Gasteiger partial charge in [-0.3, -0.25) is 0 Å². The number of nitrogens with zero attached hydrogens (tertiary/aromatic N) is 1. The van der Waals surface area contributed by atoms with Gasteiger partial charge in [0.1, 0.15) is 21.9 Å². The average Bonchev–Trinajstić information content (AvgIpc) is 2.58. The summed E-state index contributed by atoms with van der Waals surface area (Å²) in [7, 11) is 1.52. The third-order valence-corrected chi connectivity index (χ3v) is 5.50. The van der Waals surface area contributed by atoms with Crippen LogP contribution < -0.4 is 0 Å². The van der Waals surface area contributed by atoms with Gasteiger partial charge >= 0.3 is 0 Å². The van der Waals surface area contributed by atoms with Crippen molar-refractivity contribution in [3.63, 3.8) is 0 Å². The van der Waals surface area contributed by atoms with Gasteiger partial charge in [0.15, 0.2) is 5.05 Å². The van der Waals surface area contributed by atoms with Crippen molar-refractivity contribution in [3.05, 3.63) is 58.9 Å². The van der Waals surface area contributed by atoms with Crippen molar-refractivity contribution in [2.24, 2.45) is 4.40 Å². The van der Waals surface area contributed by atoms with E-state index >= 15 is 0 Å². The summed E-state index contributed by atoms with van der Waals surface area (Å²) in [6, 6.07) is 10.2. The standard InChI is InChI=1S/C20H22FNO2S2/c1-13-7-6-8-17(19(25)24-5)18(13)16-10-9-15(21)11-14(16)12-22-26(23)20(2,3)4/h6-12H,1-5H3. The lowest BCUT2D eigenvalue weighted by Gasteiger charge is -2.18. The number of methoxy groups -OCH3 is 1. The molecule has 0 radical (unpaired) electrons. The first-order chi connectivity index (χ1) is 12.1. The van der Waals surface area contributed by atoms with Crippen LogP contribution in [0.2, 0.25) is 0 Å². The zero-order valence-electron chi connectivity index (χ0n) is 15.5. The number of hydrogen-bond acceptors (Lipinski definition) is 4. The minimum atomic E-state index is -1.43.